The summed E-state index contributed by atoms with van der Waals surface area (Å²) in [5, 5.41) is 4.73. The van der Waals surface area contributed by atoms with Gasteiger partial charge >= 0.3 is 6.92 Å². The molecule has 0 fully saturated rings. The zero-order valence-electron chi connectivity index (χ0n) is 31.7. The number of aromatic nitrogens is 1. The first-order valence-electron chi connectivity index (χ1n) is 20.1. The molecule has 0 N–H and O–H groups in total. The molecule has 0 radical (unpaired) electrons. The minimum Gasteiger partial charge on any atom is -0.551 e. The average molecular weight is 754 g/mol. The highest BCUT2D eigenvalue weighted by molar-refractivity contribution is 6.84. The highest BCUT2D eigenvalue weighted by Gasteiger charge is 2.41. The summed E-state index contributed by atoms with van der Waals surface area (Å²) in [5.41, 5.74) is 16.2. The fraction of sp³-hybridized carbons (Fsp3) is 0. The second-order valence-electron chi connectivity index (χ2n) is 15.5. The Balaban J connectivity index is 0.959. The van der Waals surface area contributed by atoms with Crippen LogP contribution in [0, 0.1) is 0 Å². The smallest absolute Gasteiger partial charge is 0.434 e. The summed E-state index contributed by atoms with van der Waals surface area (Å²) in [6, 6.07) is 68.8. The molecule has 2 aliphatic heterocycles. The molecule has 0 aliphatic carbocycles. The van der Waals surface area contributed by atoms with Crippen LogP contribution < -0.4 is 20.3 Å². The number of fused-ring (bicyclic) bond motifs is 10. The van der Waals surface area contributed by atoms with Gasteiger partial charge in [0.1, 0.15) is 28.4 Å². The van der Waals surface area contributed by atoms with Crippen LogP contribution in [0.25, 0.3) is 93.9 Å². The van der Waals surface area contributed by atoms with Crippen molar-refractivity contribution < 1.29 is 13.8 Å². The molecule has 4 heterocycles. The molecule has 11 aromatic rings. The van der Waals surface area contributed by atoms with Crippen LogP contribution in [0.2, 0.25) is 0 Å². The number of benzene rings is 9. The van der Waals surface area contributed by atoms with Crippen molar-refractivity contribution in [1.29, 1.82) is 0 Å². The fourth-order valence-electron chi connectivity index (χ4n) is 9.67. The lowest BCUT2D eigenvalue weighted by Gasteiger charge is -2.33. The molecule has 0 saturated carbocycles. The average Bonchev–Trinajstić information content (AvgIpc) is 3.85. The lowest BCUT2D eigenvalue weighted by molar-refractivity contribution is 0.480. The number of para-hydroxylation sites is 5. The molecule has 0 amide bonds. The van der Waals surface area contributed by atoms with Gasteiger partial charge in [-0.15, -0.1) is 0 Å². The van der Waals surface area contributed by atoms with Crippen molar-refractivity contribution in [2.24, 2.45) is 0 Å². The summed E-state index contributed by atoms with van der Waals surface area (Å²) < 4.78 is 22.6. The molecule has 4 nitrogen and oxygen atoms in total. The molecule has 0 spiro atoms. The van der Waals surface area contributed by atoms with Gasteiger partial charge in [-0.25, -0.2) is 0 Å². The second kappa shape index (κ2) is 12.4. The number of furan rings is 1. The summed E-state index contributed by atoms with van der Waals surface area (Å²) in [6.45, 7) is -0.312. The summed E-state index contributed by atoms with van der Waals surface area (Å²) >= 11 is 0. The maximum atomic E-state index is 7.05. The Morgan fingerprint density at radius 3 is 1.90 bits per heavy atom. The van der Waals surface area contributed by atoms with Crippen molar-refractivity contribution >= 4 is 61.6 Å². The molecule has 2 aliphatic rings. The monoisotopic (exact) mass is 753 g/mol. The molecule has 2 aromatic heterocycles. The van der Waals surface area contributed by atoms with Gasteiger partial charge in [0, 0.05) is 43.6 Å². The van der Waals surface area contributed by atoms with E-state index in [0.717, 1.165) is 100 Å². The number of ether oxygens (including phenoxy) is 1. The summed E-state index contributed by atoms with van der Waals surface area (Å²) in [6.07, 6.45) is 0. The molecular formula is C54H32BNO3. The van der Waals surface area contributed by atoms with Crippen LogP contribution in [0.1, 0.15) is 0 Å². The third-order valence-electron chi connectivity index (χ3n) is 12.3. The normalized spacial score (nSPS) is 12.6. The summed E-state index contributed by atoms with van der Waals surface area (Å²) in [7, 11) is 0. The van der Waals surface area contributed by atoms with E-state index in [1.165, 1.54) is 21.8 Å². The van der Waals surface area contributed by atoms with E-state index >= 15 is 0 Å². The topological polar surface area (TPSA) is 36.5 Å². The molecule has 0 saturated heterocycles. The predicted octanol–water partition coefficient (Wildman–Crippen LogP) is 13.0. The standard InChI is InChI=1S/C54H32BNO3/c1-6-21-45(56-46-22-7-2-16-39(46)40-17-3-8-23-47(40)56)37(15-1)35-27-28-44-51(31-35)58-52-32-36(30-43-41-18-4-10-25-49(41)59-55(44)54(43)52)33-13-11-14-34(29-33)38-20-12-26-50-53(38)42-19-5-9-24-48(42)57-50/h1-32H. The van der Waals surface area contributed by atoms with E-state index in [4.69, 9.17) is 13.8 Å². The maximum Gasteiger partial charge on any atom is 0.434 e. The van der Waals surface area contributed by atoms with Crippen molar-refractivity contribution in [3.8, 4) is 67.4 Å². The number of hydrogen-bond acceptors (Lipinski definition) is 3. The third kappa shape index (κ3) is 4.79. The van der Waals surface area contributed by atoms with Crippen LogP contribution in [0.4, 0.5) is 0 Å². The van der Waals surface area contributed by atoms with E-state index in [1.54, 1.807) is 0 Å². The van der Waals surface area contributed by atoms with Gasteiger partial charge in [0.25, 0.3) is 0 Å². The molecule has 0 bridgehead atoms. The number of hydrogen-bond donors (Lipinski definition) is 0. The SMILES string of the molecule is c1cc(-c2cc3c4c(c2)-c2ccccc2OB4c2ccc(-c4ccccc4-n4c5ccccc5c5ccccc54)cc2O3)cc(-c2cccc3oc4ccccc4c23)c1. The predicted molar refractivity (Wildman–Crippen MR) is 242 cm³/mol. The third-order valence-corrected chi connectivity index (χ3v) is 12.3. The number of nitrogens with zero attached hydrogens (tertiary/aromatic N) is 1. The molecule has 5 heteroatoms. The molecule has 13 rings (SSSR count). The van der Waals surface area contributed by atoms with Crippen molar-refractivity contribution in [2.75, 3.05) is 0 Å². The lowest BCUT2D eigenvalue weighted by Crippen LogP contribution is -2.53. The zero-order valence-corrected chi connectivity index (χ0v) is 31.7. The van der Waals surface area contributed by atoms with E-state index in [-0.39, 0.29) is 6.92 Å². The quantitative estimate of drug-likeness (QED) is 0.168. The largest absolute Gasteiger partial charge is 0.551 e. The van der Waals surface area contributed by atoms with Crippen LogP contribution >= 0.6 is 0 Å². The Labute approximate surface area is 340 Å². The Hall–Kier alpha value is -7.76. The summed E-state index contributed by atoms with van der Waals surface area (Å²) in [4.78, 5) is 0. The van der Waals surface area contributed by atoms with Crippen LogP contribution in [-0.2, 0) is 0 Å². The van der Waals surface area contributed by atoms with Crippen LogP contribution in [0.5, 0.6) is 17.2 Å². The zero-order chi connectivity index (χ0) is 38.6. The minimum absolute atomic E-state index is 0.312. The van der Waals surface area contributed by atoms with Gasteiger partial charge in [-0.05, 0) is 94.0 Å². The minimum atomic E-state index is -0.312. The highest BCUT2D eigenvalue weighted by Crippen LogP contribution is 2.44. The van der Waals surface area contributed by atoms with E-state index in [9.17, 15) is 0 Å². The van der Waals surface area contributed by atoms with E-state index in [0.29, 0.717) is 0 Å². The van der Waals surface area contributed by atoms with Gasteiger partial charge in [0.2, 0.25) is 0 Å². The van der Waals surface area contributed by atoms with Crippen molar-refractivity contribution in [3.63, 3.8) is 0 Å². The van der Waals surface area contributed by atoms with Gasteiger partial charge in [0.05, 0.1) is 16.7 Å². The summed E-state index contributed by atoms with van der Waals surface area (Å²) in [5.74, 6) is 2.48. The van der Waals surface area contributed by atoms with E-state index < -0.39 is 0 Å². The van der Waals surface area contributed by atoms with E-state index in [2.05, 4.69) is 180 Å². The van der Waals surface area contributed by atoms with Gasteiger partial charge in [-0.3, -0.25) is 0 Å². The van der Waals surface area contributed by atoms with Crippen molar-refractivity contribution in [2.45, 2.75) is 0 Å². The first-order chi connectivity index (χ1) is 29.2. The van der Waals surface area contributed by atoms with Crippen LogP contribution in [0.15, 0.2) is 199 Å². The molecule has 59 heavy (non-hydrogen) atoms. The second-order valence-corrected chi connectivity index (χ2v) is 15.5. The number of rotatable bonds is 4. The Morgan fingerprint density at radius 2 is 1.03 bits per heavy atom. The van der Waals surface area contributed by atoms with Crippen molar-refractivity contribution in [1.82, 2.24) is 4.57 Å². The van der Waals surface area contributed by atoms with Gasteiger partial charge in [-0.1, -0.05) is 133 Å². The Morgan fingerprint density at radius 1 is 0.390 bits per heavy atom. The van der Waals surface area contributed by atoms with E-state index in [1.807, 2.05) is 18.2 Å². The van der Waals surface area contributed by atoms with Gasteiger partial charge in [-0.2, -0.15) is 0 Å². The van der Waals surface area contributed by atoms with Crippen LogP contribution in [-0.4, -0.2) is 11.5 Å². The van der Waals surface area contributed by atoms with Gasteiger partial charge in [0.15, 0.2) is 0 Å². The Bertz CT molecular complexity index is 3490. The lowest BCUT2D eigenvalue weighted by atomic mass is 9.50. The Kier molecular flexibility index (Phi) is 6.78. The van der Waals surface area contributed by atoms with Crippen LogP contribution in [0.3, 0.4) is 0 Å². The maximum absolute atomic E-state index is 7.05. The molecule has 0 atom stereocenters. The first kappa shape index (κ1) is 32.3. The molecule has 0 unspecified atom stereocenters. The first-order valence-corrected chi connectivity index (χ1v) is 20.1. The van der Waals surface area contributed by atoms with Crippen molar-refractivity contribution in [3.05, 3.63) is 194 Å². The van der Waals surface area contributed by atoms with Gasteiger partial charge < -0.3 is 18.4 Å². The highest BCUT2D eigenvalue weighted by atomic mass is 16.5. The molecule has 9 aromatic carbocycles. The molecule has 274 valence electrons. The fourth-order valence-corrected chi connectivity index (χ4v) is 9.67. The molecular weight excluding hydrogens is 721 g/mol.